The largest absolute Gasteiger partial charge is 0.479 e. The summed E-state index contributed by atoms with van der Waals surface area (Å²) in [5, 5.41) is 12.5. The highest BCUT2D eigenvalue weighted by Crippen LogP contribution is 2.44. The van der Waals surface area contributed by atoms with Gasteiger partial charge < -0.3 is 25.2 Å². The third-order valence-corrected chi connectivity index (χ3v) is 5.50. The molecule has 0 radical (unpaired) electrons. The fourth-order valence-corrected chi connectivity index (χ4v) is 3.84. The predicted octanol–water partition coefficient (Wildman–Crippen LogP) is 3.06. The SMILES string of the molecule is COCC(C)(NC(=O)C(NC(=O)OCC1c2ccccc2-c2ccccc21)C(F)(F)F)C(=O)O. The molecule has 2 unspecified atom stereocenters. The summed E-state index contributed by atoms with van der Waals surface area (Å²) >= 11 is 0. The topological polar surface area (TPSA) is 114 Å². The number of hydrogen-bond donors (Lipinski definition) is 3. The third-order valence-electron chi connectivity index (χ3n) is 5.50. The molecule has 1 aliphatic carbocycles. The first-order chi connectivity index (χ1) is 16.0. The van der Waals surface area contributed by atoms with Gasteiger partial charge in [-0.3, -0.25) is 4.79 Å². The molecule has 1 aliphatic rings. The van der Waals surface area contributed by atoms with Crippen molar-refractivity contribution in [1.82, 2.24) is 10.6 Å². The number of aliphatic carboxylic acids is 1. The van der Waals surface area contributed by atoms with Gasteiger partial charge >= 0.3 is 18.2 Å². The number of benzene rings is 2. The molecule has 8 nitrogen and oxygen atoms in total. The monoisotopic (exact) mass is 480 g/mol. The average Bonchev–Trinajstić information content (AvgIpc) is 3.09. The van der Waals surface area contributed by atoms with E-state index in [1.165, 1.54) is 5.32 Å². The van der Waals surface area contributed by atoms with Crippen LogP contribution in [0.3, 0.4) is 0 Å². The second-order valence-corrected chi connectivity index (χ2v) is 8.00. The molecule has 2 aromatic rings. The molecular formula is C23H23F3N2O6. The van der Waals surface area contributed by atoms with Crippen LogP contribution in [0.2, 0.25) is 0 Å². The first kappa shape index (κ1) is 25.0. The zero-order valence-corrected chi connectivity index (χ0v) is 18.3. The lowest BCUT2D eigenvalue weighted by Crippen LogP contribution is -2.63. The Morgan fingerprint density at radius 2 is 1.56 bits per heavy atom. The van der Waals surface area contributed by atoms with Gasteiger partial charge in [0.15, 0.2) is 5.54 Å². The highest BCUT2D eigenvalue weighted by Gasteiger charge is 2.49. The standard InChI is InChI=1S/C23H23F3N2O6/c1-22(12-33-2,20(30)31)28-19(29)18(23(24,25)26)27-21(32)34-11-17-15-9-5-3-7-13(15)14-8-4-6-10-16(14)17/h3-10,17-18H,11-12H2,1-2H3,(H,27,32)(H,28,29)(H,30,31). The average molecular weight is 480 g/mol. The van der Waals surface area contributed by atoms with Gasteiger partial charge in [0.25, 0.3) is 5.91 Å². The maximum Gasteiger partial charge on any atom is 0.417 e. The van der Waals surface area contributed by atoms with Crippen LogP contribution in [-0.4, -0.2) is 61.2 Å². The molecule has 0 saturated carbocycles. The molecule has 34 heavy (non-hydrogen) atoms. The van der Waals surface area contributed by atoms with Crippen molar-refractivity contribution in [1.29, 1.82) is 0 Å². The highest BCUT2D eigenvalue weighted by atomic mass is 19.4. The second kappa shape index (κ2) is 9.72. The molecule has 2 amide bonds. The minimum Gasteiger partial charge on any atom is -0.479 e. The summed E-state index contributed by atoms with van der Waals surface area (Å²) in [6.45, 7) is 0.129. The molecule has 3 rings (SSSR count). The van der Waals surface area contributed by atoms with Crippen LogP contribution in [0.5, 0.6) is 0 Å². The highest BCUT2D eigenvalue weighted by molar-refractivity contribution is 5.91. The number of halogens is 3. The van der Waals surface area contributed by atoms with Crippen molar-refractivity contribution in [2.75, 3.05) is 20.3 Å². The van der Waals surface area contributed by atoms with Crippen molar-refractivity contribution in [3.05, 3.63) is 59.7 Å². The summed E-state index contributed by atoms with van der Waals surface area (Å²) in [5.41, 5.74) is 1.45. The molecule has 0 aliphatic heterocycles. The van der Waals surface area contributed by atoms with Gasteiger partial charge in [0, 0.05) is 13.0 Å². The number of carbonyl (C=O) groups is 3. The Morgan fingerprint density at radius 1 is 1.03 bits per heavy atom. The molecule has 11 heteroatoms. The maximum absolute atomic E-state index is 13.5. The molecule has 0 heterocycles. The summed E-state index contributed by atoms with van der Waals surface area (Å²) in [4.78, 5) is 35.9. The van der Waals surface area contributed by atoms with Gasteiger partial charge in [0.1, 0.15) is 6.61 Å². The van der Waals surface area contributed by atoms with Gasteiger partial charge in [-0.1, -0.05) is 48.5 Å². The molecule has 0 aromatic heterocycles. The molecule has 0 spiro atoms. The van der Waals surface area contributed by atoms with E-state index >= 15 is 0 Å². The fourth-order valence-electron chi connectivity index (χ4n) is 3.84. The lowest BCUT2D eigenvalue weighted by atomic mass is 9.98. The summed E-state index contributed by atoms with van der Waals surface area (Å²) in [6.07, 6.45) is -6.68. The van der Waals surface area contributed by atoms with E-state index in [1.54, 1.807) is 17.4 Å². The third kappa shape index (κ3) is 5.14. The number of alkyl halides is 3. The molecule has 3 N–H and O–H groups in total. The van der Waals surface area contributed by atoms with E-state index in [9.17, 15) is 32.7 Å². The van der Waals surface area contributed by atoms with Crippen LogP contribution in [0, 0.1) is 0 Å². The Morgan fingerprint density at radius 3 is 2.03 bits per heavy atom. The Balaban J connectivity index is 1.72. The lowest BCUT2D eigenvalue weighted by molar-refractivity contribution is -0.171. The van der Waals surface area contributed by atoms with E-state index < -0.39 is 48.3 Å². The molecule has 182 valence electrons. The van der Waals surface area contributed by atoms with Crippen molar-refractivity contribution in [3.63, 3.8) is 0 Å². The van der Waals surface area contributed by atoms with Gasteiger partial charge in [-0.25, -0.2) is 9.59 Å². The number of fused-ring (bicyclic) bond motifs is 3. The zero-order chi connectivity index (χ0) is 25.1. The number of carboxylic acids is 1. The van der Waals surface area contributed by atoms with Gasteiger partial charge in [-0.15, -0.1) is 0 Å². The predicted molar refractivity (Wildman–Crippen MR) is 114 cm³/mol. The van der Waals surface area contributed by atoms with Crippen LogP contribution >= 0.6 is 0 Å². The van der Waals surface area contributed by atoms with Gasteiger partial charge in [-0.05, 0) is 29.2 Å². The molecular weight excluding hydrogens is 457 g/mol. The van der Waals surface area contributed by atoms with Gasteiger partial charge in [0.2, 0.25) is 6.04 Å². The zero-order valence-electron chi connectivity index (χ0n) is 18.3. The molecule has 2 aromatic carbocycles. The van der Waals surface area contributed by atoms with E-state index in [0.717, 1.165) is 36.3 Å². The van der Waals surface area contributed by atoms with Crippen LogP contribution in [0.15, 0.2) is 48.5 Å². The number of alkyl carbamates (subject to hydrolysis) is 1. The number of amides is 2. The second-order valence-electron chi connectivity index (χ2n) is 8.00. The van der Waals surface area contributed by atoms with Crippen LogP contribution in [0.1, 0.15) is 24.0 Å². The Bertz CT molecular complexity index is 1040. The maximum atomic E-state index is 13.5. The van der Waals surface area contributed by atoms with Gasteiger partial charge in [0.05, 0.1) is 6.61 Å². The number of carboxylic acid groups (broad SMARTS) is 1. The number of hydrogen-bond acceptors (Lipinski definition) is 5. The molecule has 0 fully saturated rings. The molecule has 0 saturated heterocycles. The van der Waals surface area contributed by atoms with Crippen molar-refractivity contribution in [3.8, 4) is 11.1 Å². The number of carbonyl (C=O) groups excluding carboxylic acids is 2. The molecule has 0 bridgehead atoms. The number of rotatable bonds is 8. The van der Waals surface area contributed by atoms with Gasteiger partial charge in [-0.2, -0.15) is 13.2 Å². The minimum atomic E-state index is -5.21. The Kier molecular flexibility index (Phi) is 7.15. The quantitative estimate of drug-likeness (QED) is 0.535. The van der Waals surface area contributed by atoms with E-state index in [2.05, 4.69) is 4.74 Å². The smallest absolute Gasteiger partial charge is 0.417 e. The van der Waals surface area contributed by atoms with E-state index in [1.807, 2.05) is 36.4 Å². The summed E-state index contributed by atoms with van der Waals surface area (Å²) in [7, 11) is 1.13. The summed E-state index contributed by atoms with van der Waals surface area (Å²) in [5.74, 6) is -3.76. The van der Waals surface area contributed by atoms with E-state index in [0.29, 0.717) is 0 Å². The Hall–Kier alpha value is -3.60. The lowest BCUT2D eigenvalue weighted by Gasteiger charge is -2.28. The van der Waals surface area contributed by atoms with Crippen LogP contribution < -0.4 is 10.6 Å². The van der Waals surface area contributed by atoms with E-state index in [4.69, 9.17) is 4.74 Å². The van der Waals surface area contributed by atoms with Crippen molar-refractivity contribution >= 4 is 18.0 Å². The molecule has 2 atom stereocenters. The van der Waals surface area contributed by atoms with Crippen molar-refractivity contribution in [2.45, 2.75) is 30.6 Å². The van der Waals surface area contributed by atoms with Crippen LogP contribution in [0.4, 0.5) is 18.0 Å². The van der Waals surface area contributed by atoms with E-state index in [-0.39, 0.29) is 6.61 Å². The summed E-state index contributed by atoms with van der Waals surface area (Å²) in [6, 6.07) is 11.8. The first-order valence-electron chi connectivity index (χ1n) is 10.2. The summed E-state index contributed by atoms with van der Waals surface area (Å²) < 4.78 is 50.3. The normalized spacial score (nSPS) is 15.4. The van der Waals surface area contributed by atoms with Crippen LogP contribution in [-0.2, 0) is 19.1 Å². The Labute approximate surface area is 193 Å². The first-order valence-corrected chi connectivity index (χ1v) is 10.2. The van der Waals surface area contributed by atoms with Crippen LogP contribution in [0.25, 0.3) is 11.1 Å². The van der Waals surface area contributed by atoms with Crippen molar-refractivity contribution in [2.24, 2.45) is 0 Å². The number of nitrogens with one attached hydrogen (secondary N) is 2. The number of methoxy groups -OCH3 is 1. The fraction of sp³-hybridized carbons (Fsp3) is 0.348. The minimum absolute atomic E-state index is 0.261. The van der Waals surface area contributed by atoms with Crippen molar-refractivity contribution < 1.29 is 42.1 Å². The number of ether oxygens (including phenoxy) is 2.